The van der Waals surface area contributed by atoms with Crippen molar-refractivity contribution in [3.63, 3.8) is 0 Å². The zero-order valence-electron chi connectivity index (χ0n) is 9.63. The number of nitrogens with one attached hydrogen (secondary N) is 1. The minimum Gasteiger partial charge on any atom is -0.467 e. The van der Waals surface area contributed by atoms with Gasteiger partial charge < -0.3 is 9.73 Å². The molecule has 0 aliphatic heterocycles. The normalized spacial score (nSPS) is 12.7. The van der Waals surface area contributed by atoms with E-state index >= 15 is 0 Å². The molecule has 2 rings (SSSR count). The van der Waals surface area contributed by atoms with Gasteiger partial charge in [0.15, 0.2) is 0 Å². The highest BCUT2D eigenvalue weighted by molar-refractivity contribution is 5.32. The van der Waals surface area contributed by atoms with E-state index in [1.165, 1.54) is 24.5 Å². The molecule has 1 N–H and O–H groups in total. The molecule has 1 aromatic heterocycles. The summed E-state index contributed by atoms with van der Waals surface area (Å²) in [6, 6.07) is 4.96. The molecule has 0 spiro atoms. The molecular formula is C13H13F2NO. The zero-order valence-corrected chi connectivity index (χ0v) is 9.63. The van der Waals surface area contributed by atoms with Gasteiger partial charge in [-0.1, -0.05) is 6.07 Å². The van der Waals surface area contributed by atoms with Crippen LogP contribution in [0.15, 0.2) is 34.9 Å². The van der Waals surface area contributed by atoms with Crippen LogP contribution >= 0.6 is 0 Å². The summed E-state index contributed by atoms with van der Waals surface area (Å²) < 4.78 is 32.7. The lowest BCUT2D eigenvalue weighted by atomic mass is 10.0. The highest BCUT2D eigenvalue weighted by atomic mass is 19.1. The predicted octanol–water partition coefficient (Wildman–Crippen LogP) is 3.18. The summed E-state index contributed by atoms with van der Waals surface area (Å²) in [5.74, 6) is -0.642. The van der Waals surface area contributed by atoms with Gasteiger partial charge in [-0.15, -0.1) is 0 Å². The summed E-state index contributed by atoms with van der Waals surface area (Å²) in [7, 11) is 1.64. The molecule has 17 heavy (non-hydrogen) atoms. The Balaban J connectivity index is 2.53. The molecule has 0 amide bonds. The van der Waals surface area contributed by atoms with Crippen molar-refractivity contribution in [2.75, 3.05) is 7.05 Å². The average Bonchev–Trinajstić information content (AvgIpc) is 2.70. The topological polar surface area (TPSA) is 25.2 Å². The lowest BCUT2D eigenvalue weighted by molar-refractivity contribution is 0.435. The summed E-state index contributed by atoms with van der Waals surface area (Å²) in [5.41, 5.74) is 0.833. The average molecular weight is 237 g/mol. The van der Waals surface area contributed by atoms with Crippen LogP contribution in [-0.4, -0.2) is 7.05 Å². The van der Waals surface area contributed by atoms with Gasteiger partial charge in [-0.25, -0.2) is 8.78 Å². The van der Waals surface area contributed by atoms with E-state index in [0.717, 1.165) is 5.56 Å². The highest BCUT2D eigenvalue weighted by Crippen LogP contribution is 2.29. The number of aryl methyl sites for hydroxylation is 1. The number of hydrogen-bond donors (Lipinski definition) is 1. The minimum absolute atomic E-state index is 0.0203. The second kappa shape index (κ2) is 4.67. The van der Waals surface area contributed by atoms with Gasteiger partial charge in [0.05, 0.1) is 12.3 Å². The molecule has 4 heteroatoms. The van der Waals surface area contributed by atoms with Crippen LogP contribution in [0.4, 0.5) is 8.78 Å². The van der Waals surface area contributed by atoms with Crippen molar-refractivity contribution in [3.05, 3.63) is 59.1 Å². The summed E-state index contributed by atoms with van der Waals surface area (Å²) in [6.07, 6.45) is 1.51. The van der Waals surface area contributed by atoms with Gasteiger partial charge in [-0.05, 0) is 37.7 Å². The molecule has 2 nitrogen and oxygen atoms in total. The Morgan fingerprint density at radius 1 is 1.18 bits per heavy atom. The van der Waals surface area contributed by atoms with Crippen molar-refractivity contribution in [1.29, 1.82) is 0 Å². The smallest absolute Gasteiger partial charge is 0.131 e. The quantitative estimate of drug-likeness (QED) is 0.887. The third-order valence-electron chi connectivity index (χ3n) is 2.74. The Morgan fingerprint density at radius 2 is 1.82 bits per heavy atom. The molecule has 1 aromatic carbocycles. The van der Waals surface area contributed by atoms with E-state index in [4.69, 9.17) is 4.42 Å². The second-order valence-corrected chi connectivity index (χ2v) is 3.82. The van der Waals surface area contributed by atoms with E-state index < -0.39 is 17.7 Å². The Morgan fingerprint density at radius 3 is 2.29 bits per heavy atom. The highest BCUT2D eigenvalue weighted by Gasteiger charge is 2.24. The van der Waals surface area contributed by atoms with Crippen LogP contribution in [0.3, 0.4) is 0 Å². The van der Waals surface area contributed by atoms with Crippen molar-refractivity contribution in [3.8, 4) is 0 Å². The third kappa shape index (κ3) is 2.08. The monoisotopic (exact) mass is 237 g/mol. The largest absolute Gasteiger partial charge is 0.467 e. The summed E-state index contributed by atoms with van der Waals surface area (Å²) in [5, 5.41) is 2.87. The van der Waals surface area contributed by atoms with Gasteiger partial charge in [0.1, 0.15) is 17.4 Å². The van der Waals surface area contributed by atoms with Gasteiger partial charge >= 0.3 is 0 Å². The number of rotatable bonds is 3. The summed E-state index contributed by atoms with van der Waals surface area (Å²) >= 11 is 0. The predicted molar refractivity (Wildman–Crippen MR) is 60.7 cm³/mol. The molecule has 0 saturated heterocycles. The van der Waals surface area contributed by atoms with E-state index in [0.29, 0.717) is 5.76 Å². The first-order chi connectivity index (χ1) is 8.15. The zero-order chi connectivity index (χ0) is 12.4. The molecule has 1 unspecified atom stereocenters. The molecule has 0 aliphatic carbocycles. The molecule has 0 radical (unpaired) electrons. The number of halogens is 2. The van der Waals surface area contributed by atoms with E-state index in [9.17, 15) is 8.78 Å². The van der Waals surface area contributed by atoms with Crippen molar-refractivity contribution in [2.45, 2.75) is 13.0 Å². The second-order valence-electron chi connectivity index (χ2n) is 3.82. The maximum atomic E-state index is 13.7. The van der Waals surface area contributed by atoms with Crippen molar-refractivity contribution in [1.82, 2.24) is 5.32 Å². The van der Waals surface area contributed by atoms with Gasteiger partial charge in [0.25, 0.3) is 0 Å². The maximum Gasteiger partial charge on any atom is 0.131 e. The van der Waals surface area contributed by atoms with Crippen LogP contribution in [0.25, 0.3) is 0 Å². The van der Waals surface area contributed by atoms with Gasteiger partial charge in [-0.3, -0.25) is 0 Å². The minimum atomic E-state index is -0.619. The van der Waals surface area contributed by atoms with E-state index in [1.807, 2.05) is 6.92 Å². The van der Waals surface area contributed by atoms with Crippen LogP contribution in [0.2, 0.25) is 0 Å². The first-order valence-corrected chi connectivity index (χ1v) is 5.30. The standard InChI is InChI=1S/C13H13F2NO/c1-8-6-7-17-13(8)12(16-2)11-9(14)4-3-5-10(11)15/h3-7,12,16H,1-2H3. The fraction of sp³-hybridized carbons (Fsp3) is 0.231. The van der Waals surface area contributed by atoms with Crippen molar-refractivity contribution in [2.24, 2.45) is 0 Å². The van der Waals surface area contributed by atoms with Gasteiger partial charge in [-0.2, -0.15) is 0 Å². The van der Waals surface area contributed by atoms with E-state index in [2.05, 4.69) is 5.32 Å². The van der Waals surface area contributed by atoms with Crippen molar-refractivity contribution >= 4 is 0 Å². The maximum absolute atomic E-state index is 13.7. The molecule has 0 fully saturated rings. The van der Waals surface area contributed by atoms with Crippen LogP contribution in [0.5, 0.6) is 0 Å². The molecule has 1 heterocycles. The van der Waals surface area contributed by atoms with Gasteiger partial charge in [0.2, 0.25) is 0 Å². The van der Waals surface area contributed by atoms with E-state index in [-0.39, 0.29) is 5.56 Å². The first kappa shape index (κ1) is 11.8. The first-order valence-electron chi connectivity index (χ1n) is 5.30. The van der Waals surface area contributed by atoms with Crippen LogP contribution < -0.4 is 5.32 Å². The van der Waals surface area contributed by atoms with Gasteiger partial charge in [0, 0.05) is 5.56 Å². The fourth-order valence-electron chi connectivity index (χ4n) is 1.87. The van der Waals surface area contributed by atoms with Crippen LogP contribution in [-0.2, 0) is 0 Å². The number of benzene rings is 1. The van der Waals surface area contributed by atoms with Crippen molar-refractivity contribution < 1.29 is 13.2 Å². The molecule has 90 valence electrons. The summed E-state index contributed by atoms with van der Waals surface area (Å²) in [4.78, 5) is 0. The Kier molecular flexibility index (Phi) is 3.24. The molecule has 2 aromatic rings. The molecule has 0 aliphatic rings. The van der Waals surface area contributed by atoms with Crippen LogP contribution in [0, 0.1) is 18.6 Å². The number of furan rings is 1. The molecule has 0 saturated carbocycles. The number of hydrogen-bond acceptors (Lipinski definition) is 2. The Labute approximate surface area is 98.3 Å². The lowest BCUT2D eigenvalue weighted by Gasteiger charge is -2.16. The third-order valence-corrected chi connectivity index (χ3v) is 2.74. The van der Waals surface area contributed by atoms with Crippen LogP contribution in [0.1, 0.15) is 22.9 Å². The molecule has 0 bridgehead atoms. The Bertz CT molecular complexity index is 502. The van der Waals surface area contributed by atoms with E-state index in [1.54, 1.807) is 13.1 Å². The Hall–Kier alpha value is -1.68. The SMILES string of the molecule is CNC(c1occc1C)c1c(F)cccc1F. The fourth-order valence-corrected chi connectivity index (χ4v) is 1.87. The molecular weight excluding hydrogens is 224 g/mol. The lowest BCUT2D eigenvalue weighted by Crippen LogP contribution is -2.20. The molecule has 1 atom stereocenters. The summed E-state index contributed by atoms with van der Waals surface area (Å²) in [6.45, 7) is 1.84.